The fraction of sp³-hybridized carbons (Fsp3) is 0.412. The molecule has 1 atom stereocenters. The number of aromatic amines is 1. The molecule has 0 spiro atoms. The maximum Gasteiger partial charge on any atom is 0.315 e. The maximum absolute atomic E-state index is 11.7. The van der Waals surface area contributed by atoms with E-state index in [1.54, 1.807) is 12.3 Å². The van der Waals surface area contributed by atoms with Gasteiger partial charge in [-0.3, -0.25) is 10.00 Å². The summed E-state index contributed by atoms with van der Waals surface area (Å²) in [5.41, 5.74) is 3.54. The van der Waals surface area contributed by atoms with E-state index in [1.165, 1.54) is 11.1 Å². The summed E-state index contributed by atoms with van der Waals surface area (Å²) in [7, 11) is 0. The number of aromatic nitrogens is 2. The minimum absolute atomic E-state index is 0.229. The first-order valence-electron chi connectivity index (χ1n) is 8.18. The molecule has 128 valence electrons. The maximum atomic E-state index is 11.7. The number of rotatable bonds is 6. The van der Waals surface area contributed by atoms with Gasteiger partial charge in [0.15, 0.2) is 0 Å². The van der Waals surface area contributed by atoms with Gasteiger partial charge in [-0.1, -0.05) is 24.3 Å². The van der Waals surface area contributed by atoms with Crippen LogP contribution in [-0.2, 0) is 19.5 Å². The molecule has 0 fully saturated rings. The van der Waals surface area contributed by atoms with E-state index in [0.717, 1.165) is 25.2 Å². The summed E-state index contributed by atoms with van der Waals surface area (Å²) in [4.78, 5) is 13.9. The first kappa shape index (κ1) is 16.5. The Morgan fingerprint density at radius 2 is 2.12 bits per heavy atom. The molecule has 0 aliphatic carbocycles. The number of nitrogens with one attached hydrogen (secondary N) is 3. The molecule has 4 N–H and O–H groups in total. The number of fused-ring (bicyclic) bond motifs is 1. The molecule has 1 aromatic heterocycles. The van der Waals surface area contributed by atoms with Crippen molar-refractivity contribution in [3.05, 3.63) is 53.3 Å². The lowest BCUT2D eigenvalue weighted by Crippen LogP contribution is -2.44. The summed E-state index contributed by atoms with van der Waals surface area (Å²) in [5.74, 6) is 0. The second-order valence-electron chi connectivity index (χ2n) is 6.05. The highest BCUT2D eigenvalue weighted by molar-refractivity contribution is 5.73. The van der Waals surface area contributed by atoms with E-state index in [2.05, 4.69) is 43.9 Å². The number of carbonyl (C=O) groups is 1. The zero-order chi connectivity index (χ0) is 16.8. The first-order chi connectivity index (χ1) is 11.7. The van der Waals surface area contributed by atoms with Crippen molar-refractivity contribution >= 4 is 6.03 Å². The van der Waals surface area contributed by atoms with Crippen molar-refractivity contribution in [2.75, 3.05) is 19.6 Å². The van der Waals surface area contributed by atoms with Gasteiger partial charge in [0.05, 0.1) is 18.3 Å². The topological polar surface area (TPSA) is 93.3 Å². The Labute approximate surface area is 141 Å². The van der Waals surface area contributed by atoms with Crippen LogP contribution in [0.2, 0.25) is 0 Å². The molecule has 1 aromatic carbocycles. The van der Waals surface area contributed by atoms with Crippen molar-refractivity contribution in [1.29, 1.82) is 0 Å². The number of hydrogen-bond donors (Lipinski definition) is 4. The average molecular weight is 329 g/mol. The molecule has 0 saturated carbocycles. The van der Waals surface area contributed by atoms with Gasteiger partial charge in [0.1, 0.15) is 0 Å². The van der Waals surface area contributed by atoms with Crippen LogP contribution in [0.5, 0.6) is 0 Å². The van der Waals surface area contributed by atoms with Crippen LogP contribution in [0, 0.1) is 0 Å². The molecule has 0 bridgehead atoms. The normalized spacial score (nSPS) is 15.5. The van der Waals surface area contributed by atoms with Gasteiger partial charge >= 0.3 is 6.03 Å². The SMILES string of the molecule is O=C(NCc1ccn[nH]1)NC[C@H](O)CN1CCc2ccccc2C1. The van der Waals surface area contributed by atoms with Crippen LogP contribution < -0.4 is 10.6 Å². The van der Waals surface area contributed by atoms with Gasteiger partial charge in [0.25, 0.3) is 0 Å². The summed E-state index contributed by atoms with van der Waals surface area (Å²) in [6, 6.07) is 9.90. The predicted molar refractivity (Wildman–Crippen MR) is 90.3 cm³/mol. The summed E-state index contributed by atoms with van der Waals surface area (Å²) in [5, 5.41) is 22.1. The van der Waals surface area contributed by atoms with Gasteiger partial charge < -0.3 is 15.7 Å². The third kappa shape index (κ3) is 4.56. The van der Waals surface area contributed by atoms with E-state index in [1.807, 2.05) is 6.07 Å². The van der Waals surface area contributed by atoms with Crippen LogP contribution in [0.15, 0.2) is 36.5 Å². The van der Waals surface area contributed by atoms with Crippen molar-refractivity contribution in [3.63, 3.8) is 0 Å². The lowest BCUT2D eigenvalue weighted by molar-refractivity contribution is 0.105. The number of β-amino-alcohol motifs (C(OH)–C–C–N with tert-alkyl or cyclic N) is 1. The van der Waals surface area contributed by atoms with Crippen LogP contribution >= 0.6 is 0 Å². The van der Waals surface area contributed by atoms with E-state index in [4.69, 9.17) is 0 Å². The number of carbonyl (C=O) groups excluding carboxylic acids is 1. The first-order valence-corrected chi connectivity index (χ1v) is 8.18. The van der Waals surface area contributed by atoms with Crippen molar-refractivity contribution in [3.8, 4) is 0 Å². The van der Waals surface area contributed by atoms with Gasteiger partial charge in [-0.25, -0.2) is 4.79 Å². The van der Waals surface area contributed by atoms with E-state index in [-0.39, 0.29) is 12.6 Å². The Hall–Kier alpha value is -2.38. The Balaban J connectivity index is 1.37. The molecule has 1 aliphatic heterocycles. The molecule has 0 unspecified atom stereocenters. The van der Waals surface area contributed by atoms with Gasteiger partial charge in [-0.15, -0.1) is 0 Å². The molecule has 7 nitrogen and oxygen atoms in total. The van der Waals surface area contributed by atoms with E-state index in [9.17, 15) is 9.90 Å². The van der Waals surface area contributed by atoms with Crippen LogP contribution in [0.3, 0.4) is 0 Å². The zero-order valence-electron chi connectivity index (χ0n) is 13.5. The highest BCUT2D eigenvalue weighted by Crippen LogP contribution is 2.18. The highest BCUT2D eigenvalue weighted by Gasteiger charge is 2.18. The largest absolute Gasteiger partial charge is 0.390 e. The van der Waals surface area contributed by atoms with Crippen LogP contribution in [-0.4, -0.2) is 52.0 Å². The minimum atomic E-state index is -0.590. The number of H-pyrrole nitrogens is 1. The molecular formula is C17H23N5O2. The standard InChI is InChI=1S/C17H23N5O2/c23-16(10-19-17(24)18-9-15-5-7-20-21-15)12-22-8-6-13-3-1-2-4-14(13)11-22/h1-5,7,16,23H,6,8-12H2,(H,20,21)(H2,18,19,24)/t16-/m0/s1. The Morgan fingerprint density at radius 3 is 2.92 bits per heavy atom. The van der Waals surface area contributed by atoms with E-state index in [0.29, 0.717) is 13.1 Å². The lowest BCUT2D eigenvalue weighted by atomic mass is 10.00. The molecule has 0 radical (unpaired) electrons. The van der Waals surface area contributed by atoms with Gasteiger partial charge in [0.2, 0.25) is 0 Å². The number of benzene rings is 1. The van der Waals surface area contributed by atoms with Crippen LogP contribution in [0.1, 0.15) is 16.8 Å². The number of urea groups is 1. The Kier molecular flexibility index (Phi) is 5.45. The molecule has 2 amide bonds. The summed E-state index contributed by atoms with van der Waals surface area (Å²) in [6.07, 6.45) is 2.05. The summed E-state index contributed by atoms with van der Waals surface area (Å²) < 4.78 is 0. The minimum Gasteiger partial charge on any atom is -0.390 e. The molecule has 0 saturated heterocycles. The van der Waals surface area contributed by atoms with Crippen LogP contribution in [0.4, 0.5) is 4.79 Å². The summed E-state index contributed by atoms with van der Waals surface area (Å²) in [6.45, 7) is 2.94. The van der Waals surface area contributed by atoms with Gasteiger partial charge in [0, 0.05) is 32.4 Å². The smallest absolute Gasteiger partial charge is 0.315 e. The van der Waals surface area contributed by atoms with Crippen LogP contribution in [0.25, 0.3) is 0 Å². The number of aliphatic hydroxyl groups excluding tert-OH is 1. The second-order valence-corrected chi connectivity index (χ2v) is 6.05. The lowest BCUT2D eigenvalue weighted by Gasteiger charge is -2.30. The fourth-order valence-electron chi connectivity index (χ4n) is 2.90. The quantitative estimate of drug-likeness (QED) is 0.625. The molecule has 3 rings (SSSR count). The number of aliphatic hydroxyl groups is 1. The second kappa shape index (κ2) is 7.94. The monoisotopic (exact) mass is 329 g/mol. The zero-order valence-corrected chi connectivity index (χ0v) is 13.5. The Morgan fingerprint density at radius 1 is 1.29 bits per heavy atom. The van der Waals surface area contributed by atoms with Gasteiger partial charge in [-0.05, 0) is 23.6 Å². The molecule has 1 aliphatic rings. The summed E-state index contributed by atoms with van der Waals surface area (Å²) >= 11 is 0. The van der Waals surface area contributed by atoms with E-state index >= 15 is 0 Å². The number of hydrogen-bond acceptors (Lipinski definition) is 4. The third-order valence-corrected chi connectivity index (χ3v) is 4.17. The fourth-order valence-corrected chi connectivity index (χ4v) is 2.90. The molecular weight excluding hydrogens is 306 g/mol. The average Bonchev–Trinajstić information content (AvgIpc) is 3.11. The molecule has 2 aromatic rings. The van der Waals surface area contributed by atoms with E-state index < -0.39 is 6.10 Å². The molecule has 7 heteroatoms. The van der Waals surface area contributed by atoms with Crippen molar-refractivity contribution in [1.82, 2.24) is 25.7 Å². The van der Waals surface area contributed by atoms with Gasteiger partial charge in [-0.2, -0.15) is 5.10 Å². The highest BCUT2D eigenvalue weighted by atomic mass is 16.3. The number of nitrogens with zero attached hydrogens (tertiary/aromatic N) is 2. The molecule has 2 heterocycles. The third-order valence-electron chi connectivity index (χ3n) is 4.17. The molecule has 24 heavy (non-hydrogen) atoms. The van der Waals surface area contributed by atoms with Crippen molar-refractivity contribution in [2.45, 2.75) is 25.6 Å². The Bertz CT molecular complexity index is 659. The van der Waals surface area contributed by atoms with Crippen molar-refractivity contribution in [2.24, 2.45) is 0 Å². The predicted octanol–water partition coefficient (Wildman–Crippen LogP) is 0.628. The number of amides is 2. The van der Waals surface area contributed by atoms with Crippen molar-refractivity contribution < 1.29 is 9.90 Å².